The van der Waals surface area contributed by atoms with E-state index >= 15 is 0 Å². The van der Waals surface area contributed by atoms with Crippen molar-refractivity contribution in [1.82, 2.24) is 0 Å². The molecule has 0 radical (unpaired) electrons. The van der Waals surface area contributed by atoms with Gasteiger partial charge in [0.15, 0.2) is 12.7 Å². The van der Waals surface area contributed by atoms with Gasteiger partial charge in [0.05, 0.1) is 0 Å². The lowest BCUT2D eigenvalue weighted by molar-refractivity contribution is -0.148. The van der Waals surface area contributed by atoms with Crippen LogP contribution in [-0.2, 0) is 22.4 Å². The summed E-state index contributed by atoms with van der Waals surface area (Å²) >= 11 is 0. The number of Topliss-reactive ketones (excluding diaryl/α,β-unsaturated/α-hetero) is 1. The highest BCUT2D eigenvalue weighted by Crippen LogP contribution is 2.26. The summed E-state index contributed by atoms with van der Waals surface area (Å²) in [6, 6.07) is 14.7. The van der Waals surface area contributed by atoms with Crippen LogP contribution in [0.1, 0.15) is 34.8 Å². The van der Waals surface area contributed by atoms with Gasteiger partial charge in [-0.25, -0.2) is 4.79 Å². The molecule has 124 valence electrons. The second-order valence-corrected chi connectivity index (χ2v) is 5.94. The first kappa shape index (κ1) is 16.2. The molecule has 4 heteroatoms. The van der Waals surface area contributed by atoms with E-state index in [4.69, 9.17) is 9.47 Å². The molecular weight excluding hydrogens is 304 g/mol. The fraction of sp³-hybridized carbons (Fsp3) is 0.300. The van der Waals surface area contributed by atoms with Crippen LogP contribution in [0, 0.1) is 0 Å². The Morgan fingerprint density at radius 1 is 1.04 bits per heavy atom. The number of aryl methyl sites for hydroxylation is 2. The molecule has 0 saturated carbocycles. The highest BCUT2D eigenvalue weighted by atomic mass is 16.6. The van der Waals surface area contributed by atoms with Gasteiger partial charge in [-0.1, -0.05) is 36.4 Å². The fourth-order valence-corrected chi connectivity index (χ4v) is 2.90. The van der Waals surface area contributed by atoms with E-state index in [0.29, 0.717) is 11.3 Å². The molecule has 1 aliphatic rings. The van der Waals surface area contributed by atoms with Crippen LogP contribution in [-0.4, -0.2) is 24.5 Å². The highest BCUT2D eigenvalue weighted by molar-refractivity contribution is 6.00. The van der Waals surface area contributed by atoms with Crippen molar-refractivity contribution in [2.45, 2.75) is 32.3 Å². The minimum absolute atomic E-state index is 0.203. The number of esters is 1. The van der Waals surface area contributed by atoms with Crippen LogP contribution in [0.5, 0.6) is 5.75 Å². The third kappa shape index (κ3) is 3.82. The van der Waals surface area contributed by atoms with E-state index in [1.54, 1.807) is 31.2 Å². The van der Waals surface area contributed by atoms with Crippen LogP contribution >= 0.6 is 0 Å². The predicted molar refractivity (Wildman–Crippen MR) is 90.3 cm³/mol. The SMILES string of the molecule is C[C@H](OC(=O)COc1ccc2c(c1)CCC2)C(=O)c1ccccc1. The van der Waals surface area contributed by atoms with Gasteiger partial charge < -0.3 is 9.47 Å². The summed E-state index contributed by atoms with van der Waals surface area (Å²) in [6.07, 6.45) is 2.50. The van der Waals surface area contributed by atoms with Gasteiger partial charge in [0.25, 0.3) is 0 Å². The average Bonchev–Trinajstić information content (AvgIpc) is 3.07. The van der Waals surface area contributed by atoms with Crippen molar-refractivity contribution in [2.75, 3.05) is 6.61 Å². The lowest BCUT2D eigenvalue weighted by atomic mass is 10.1. The Hall–Kier alpha value is -2.62. The molecule has 0 fully saturated rings. The fourth-order valence-electron chi connectivity index (χ4n) is 2.90. The normalized spacial score (nSPS) is 13.9. The van der Waals surface area contributed by atoms with Gasteiger partial charge >= 0.3 is 5.97 Å². The maximum atomic E-state index is 12.2. The molecule has 2 aromatic rings. The summed E-state index contributed by atoms with van der Waals surface area (Å²) in [5, 5.41) is 0. The zero-order chi connectivity index (χ0) is 16.9. The lowest BCUT2D eigenvalue weighted by Crippen LogP contribution is -2.27. The molecule has 0 amide bonds. The second kappa shape index (κ2) is 7.30. The summed E-state index contributed by atoms with van der Waals surface area (Å²) in [5.41, 5.74) is 3.16. The van der Waals surface area contributed by atoms with Gasteiger partial charge in [0.2, 0.25) is 5.78 Å². The Balaban J connectivity index is 1.51. The minimum Gasteiger partial charge on any atom is -0.482 e. The minimum atomic E-state index is -0.830. The number of hydrogen-bond donors (Lipinski definition) is 0. The van der Waals surface area contributed by atoms with Gasteiger partial charge in [-0.3, -0.25) is 4.79 Å². The molecule has 0 heterocycles. The largest absolute Gasteiger partial charge is 0.482 e. The van der Waals surface area contributed by atoms with Crippen molar-refractivity contribution < 1.29 is 19.1 Å². The molecule has 1 aliphatic carbocycles. The third-order valence-corrected chi connectivity index (χ3v) is 4.16. The number of carbonyl (C=O) groups excluding carboxylic acids is 2. The van der Waals surface area contributed by atoms with Crippen molar-refractivity contribution in [3.8, 4) is 5.75 Å². The van der Waals surface area contributed by atoms with Crippen molar-refractivity contribution in [1.29, 1.82) is 0 Å². The van der Waals surface area contributed by atoms with Gasteiger partial charge in [-0.15, -0.1) is 0 Å². The van der Waals surface area contributed by atoms with Gasteiger partial charge in [-0.05, 0) is 49.4 Å². The molecule has 0 saturated heterocycles. The Labute approximate surface area is 141 Å². The molecule has 24 heavy (non-hydrogen) atoms. The second-order valence-electron chi connectivity index (χ2n) is 5.94. The van der Waals surface area contributed by atoms with E-state index in [0.717, 1.165) is 12.8 Å². The molecular formula is C20H20O4. The lowest BCUT2D eigenvalue weighted by Gasteiger charge is -2.13. The number of rotatable bonds is 6. The van der Waals surface area contributed by atoms with Gasteiger partial charge in [0, 0.05) is 5.56 Å². The van der Waals surface area contributed by atoms with Gasteiger partial charge in [0.1, 0.15) is 5.75 Å². The van der Waals surface area contributed by atoms with E-state index in [1.165, 1.54) is 17.5 Å². The molecule has 0 aromatic heterocycles. The van der Waals surface area contributed by atoms with Crippen molar-refractivity contribution in [3.63, 3.8) is 0 Å². The van der Waals surface area contributed by atoms with E-state index in [1.807, 2.05) is 24.3 Å². The highest BCUT2D eigenvalue weighted by Gasteiger charge is 2.19. The van der Waals surface area contributed by atoms with E-state index in [-0.39, 0.29) is 12.4 Å². The molecule has 3 rings (SSSR count). The Kier molecular flexibility index (Phi) is 4.94. The number of hydrogen-bond acceptors (Lipinski definition) is 4. The topological polar surface area (TPSA) is 52.6 Å². The maximum Gasteiger partial charge on any atom is 0.344 e. The van der Waals surface area contributed by atoms with E-state index in [9.17, 15) is 9.59 Å². The van der Waals surface area contributed by atoms with Crippen LogP contribution in [0.4, 0.5) is 0 Å². The Morgan fingerprint density at radius 3 is 2.58 bits per heavy atom. The summed E-state index contributed by atoms with van der Waals surface area (Å²) in [5.74, 6) is -0.108. The van der Waals surface area contributed by atoms with Crippen LogP contribution in [0.15, 0.2) is 48.5 Å². The molecule has 0 unspecified atom stereocenters. The summed E-state index contributed by atoms with van der Waals surface area (Å²) < 4.78 is 10.7. The Morgan fingerprint density at radius 2 is 1.79 bits per heavy atom. The molecule has 0 aliphatic heterocycles. The number of ether oxygens (including phenoxy) is 2. The zero-order valence-electron chi connectivity index (χ0n) is 13.7. The smallest absolute Gasteiger partial charge is 0.344 e. The third-order valence-electron chi connectivity index (χ3n) is 4.16. The zero-order valence-corrected chi connectivity index (χ0v) is 13.7. The number of ketones is 1. The van der Waals surface area contributed by atoms with Crippen LogP contribution in [0.2, 0.25) is 0 Å². The van der Waals surface area contributed by atoms with Crippen LogP contribution in [0.25, 0.3) is 0 Å². The number of fused-ring (bicyclic) bond motifs is 1. The molecule has 0 N–H and O–H groups in total. The molecule has 1 atom stereocenters. The molecule has 0 bridgehead atoms. The van der Waals surface area contributed by atoms with Crippen molar-refractivity contribution in [3.05, 3.63) is 65.2 Å². The van der Waals surface area contributed by atoms with Crippen molar-refractivity contribution in [2.24, 2.45) is 0 Å². The summed E-state index contributed by atoms with van der Waals surface area (Å²) in [7, 11) is 0. The predicted octanol–water partition coefficient (Wildman–Crippen LogP) is 3.37. The maximum absolute atomic E-state index is 12.2. The first-order chi connectivity index (χ1) is 11.6. The monoisotopic (exact) mass is 324 g/mol. The van der Waals surface area contributed by atoms with Gasteiger partial charge in [-0.2, -0.15) is 0 Å². The summed E-state index contributed by atoms with van der Waals surface area (Å²) in [6.45, 7) is 1.37. The Bertz CT molecular complexity index is 737. The van der Waals surface area contributed by atoms with E-state index in [2.05, 4.69) is 0 Å². The molecule has 0 spiro atoms. The molecule has 4 nitrogen and oxygen atoms in total. The van der Waals surface area contributed by atoms with E-state index < -0.39 is 12.1 Å². The first-order valence-corrected chi connectivity index (χ1v) is 8.17. The first-order valence-electron chi connectivity index (χ1n) is 8.17. The molecule has 2 aromatic carbocycles. The van der Waals surface area contributed by atoms with Crippen molar-refractivity contribution >= 4 is 11.8 Å². The quantitative estimate of drug-likeness (QED) is 0.604. The number of benzene rings is 2. The summed E-state index contributed by atoms with van der Waals surface area (Å²) in [4.78, 5) is 24.1. The average molecular weight is 324 g/mol. The van der Waals surface area contributed by atoms with Crippen LogP contribution in [0.3, 0.4) is 0 Å². The standard InChI is InChI=1S/C20H20O4/c1-14(20(22)16-6-3-2-4-7-16)24-19(21)13-23-18-11-10-15-8-5-9-17(15)12-18/h2-4,6-7,10-12,14H,5,8-9,13H2,1H3/t14-/m0/s1. The van der Waals surface area contributed by atoms with Crippen LogP contribution < -0.4 is 4.74 Å². The number of carbonyl (C=O) groups is 2.